The van der Waals surface area contributed by atoms with E-state index in [4.69, 9.17) is 9.15 Å². The number of benzene rings is 2. The number of thioether (sulfide) groups is 1. The fourth-order valence-corrected chi connectivity index (χ4v) is 3.02. The summed E-state index contributed by atoms with van der Waals surface area (Å²) in [5.74, 6) is -0.711. The Bertz CT molecular complexity index is 904. The molecule has 27 heavy (non-hydrogen) atoms. The first-order valence-electron chi connectivity index (χ1n) is 8.45. The van der Waals surface area contributed by atoms with Gasteiger partial charge in [-0.1, -0.05) is 53.7 Å². The molecule has 0 aliphatic carbocycles. The third-order valence-corrected chi connectivity index (χ3v) is 4.71. The Kier molecular flexibility index (Phi) is 6.13. The number of carbonyl (C=O) groups is 2. The zero-order chi connectivity index (χ0) is 19.2. The van der Waals surface area contributed by atoms with Crippen LogP contribution in [0.25, 0.3) is 11.1 Å². The van der Waals surface area contributed by atoms with Gasteiger partial charge in [-0.25, -0.2) is 4.98 Å². The molecule has 0 radical (unpaired) electrons. The van der Waals surface area contributed by atoms with Crippen molar-refractivity contribution in [3.05, 3.63) is 59.7 Å². The molecule has 0 unspecified atom stereocenters. The van der Waals surface area contributed by atoms with E-state index >= 15 is 0 Å². The van der Waals surface area contributed by atoms with Crippen LogP contribution in [0.3, 0.4) is 0 Å². The van der Waals surface area contributed by atoms with Crippen LogP contribution >= 0.6 is 11.8 Å². The standard InChI is InChI=1S/C20H20N2O4S/c1-14-7-9-15(10-8-14)11-22(2)18(23)12-25-19(24)13-27-20-21-16-5-3-4-6-17(16)26-20/h3-10H,11-13H2,1-2H3. The molecular formula is C20H20N2O4S. The lowest BCUT2D eigenvalue weighted by Gasteiger charge is -2.17. The molecule has 0 fully saturated rings. The van der Waals surface area contributed by atoms with Crippen molar-refractivity contribution < 1.29 is 18.7 Å². The van der Waals surface area contributed by atoms with Gasteiger partial charge in [0.05, 0.1) is 0 Å². The second kappa shape index (κ2) is 8.73. The number of fused-ring (bicyclic) bond motifs is 1. The van der Waals surface area contributed by atoms with Gasteiger partial charge in [-0.05, 0) is 24.6 Å². The van der Waals surface area contributed by atoms with Crippen LogP contribution in [0.1, 0.15) is 11.1 Å². The molecule has 6 nitrogen and oxygen atoms in total. The summed E-state index contributed by atoms with van der Waals surface area (Å²) < 4.78 is 10.6. The normalized spacial score (nSPS) is 10.7. The number of esters is 1. The minimum atomic E-state index is -0.487. The Balaban J connectivity index is 1.42. The van der Waals surface area contributed by atoms with Crippen LogP contribution in [0.2, 0.25) is 0 Å². The minimum Gasteiger partial charge on any atom is -0.455 e. The average Bonchev–Trinajstić information content (AvgIpc) is 3.09. The molecule has 1 heterocycles. The molecule has 140 valence electrons. The molecule has 0 spiro atoms. The fraction of sp³-hybridized carbons (Fsp3) is 0.250. The first kappa shape index (κ1) is 19.0. The lowest BCUT2D eigenvalue weighted by atomic mass is 10.1. The molecular weight excluding hydrogens is 364 g/mol. The van der Waals surface area contributed by atoms with Crippen LogP contribution in [-0.2, 0) is 20.9 Å². The quantitative estimate of drug-likeness (QED) is 0.459. The summed E-state index contributed by atoms with van der Waals surface area (Å²) in [5, 5.41) is 0.399. The second-order valence-corrected chi connectivity index (χ2v) is 7.06. The number of nitrogens with zero attached hydrogens (tertiary/aromatic N) is 2. The van der Waals surface area contributed by atoms with Crippen molar-refractivity contribution in [1.29, 1.82) is 0 Å². The van der Waals surface area contributed by atoms with Gasteiger partial charge in [0.2, 0.25) is 0 Å². The van der Waals surface area contributed by atoms with Crippen molar-refractivity contribution in [3.63, 3.8) is 0 Å². The van der Waals surface area contributed by atoms with Crippen LogP contribution < -0.4 is 0 Å². The summed E-state index contributed by atoms with van der Waals surface area (Å²) in [7, 11) is 1.68. The Morgan fingerprint density at radius 1 is 1.15 bits per heavy atom. The van der Waals surface area contributed by atoms with E-state index < -0.39 is 5.97 Å². The number of hydrogen-bond acceptors (Lipinski definition) is 6. The number of hydrogen-bond donors (Lipinski definition) is 0. The Morgan fingerprint density at radius 3 is 2.63 bits per heavy atom. The fourth-order valence-electron chi connectivity index (χ4n) is 2.38. The SMILES string of the molecule is Cc1ccc(CN(C)C(=O)COC(=O)CSc2nc3ccccc3o2)cc1. The number of likely N-dealkylation sites (N-methyl/N-ethyl adjacent to an activating group) is 1. The van der Waals surface area contributed by atoms with Crippen molar-refractivity contribution in [3.8, 4) is 0 Å². The third-order valence-electron chi connectivity index (χ3n) is 3.91. The molecule has 0 aliphatic heterocycles. The van der Waals surface area contributed by atoms with Gasteiger partial charge in [0, 0.05) is 13.6 Å². The van der Waals surface area contributed by atoms with Crippen molar-refractivity contribution in [2.75, 3.05) is 19.4 Å². The summed E-state index contributed by atoms with van der Waals surface area (Å²) in [6, 6.07) is 15.3. The maximum absolute atomic E-state index is 12.1. The molecule has 1 amide bonds. The first-order chi connectivity index (χ1) is 13.0. The van der Waals surface area contributed by atoms with Gasteiger partial charge in [0.1, 0.15) is 11.3 Å². The van der Waals surface area contributed by atoms with E-state index in [1.807, 2.05) is 55.5 Å². The predicted octanol–water partition coefficient (Wildman–Crippen LogP) is 3.43. The van der Waals surface area contributed by atoms with Crippen molar-refractivity contribution >= 4 is 34.7 Å². The summed E-state index contributed by atoms with van der Waals surface area (Å²) in [6.45, 7) is 2.20. The zero-order valence-corrected chi connectivity index (χ0v) is 16.0. The highest BCUT2D eigenvalue weighted by Gasteiger charge is 2.14. The van der Waals surface area contributed by atoms with Gasteiger partial charge in [-0.3, -0.25) is 9.59 Å². The van der Waals surface area contributed by atoms with Gasteiger partial charge < -0.3 is 14.1 Å². The Labute approximate surface area is 161 Å². The Hall–Kier alpha value is -2.80. The van der Waals surface area contributed by atoms with E-state index in [1.54, 1.807) is 7.05 Å². The van der Waals surface area contributed by atoms with E-state index in [2.05, 4.69) is 4.98 Å². The topological polar surface area (TPSA) is 72.6 Å². The second-order valence-electron chi connectivity index (χ2n) is 6.13. The van der Waals surface area contributed by atoms with Crippen LogP contribution in [-0.4, -0.2) is 41.2 Å². The van der Waals surface area contributed by atoms with Crippen LogP contribution in [0.15, 0.2) is 58.2 Å². The number of amides is 1. The smallest absolute Gasteiger partial charge is 0.316 e. The number of rotatable bonds is 7. The minimum absolute atomic E-state index is 0.0295. The largest absolute Gasteiger partial charge is 0.455 e. The van der Waals surface area contributed by atoms with E-state index in [-0.39, 0.29) is 18.3 Å². The molecule has 0 atom stereocenters. The van der Waals surface area contributed by atoms with Crippen molar-refractivity contribution in [2.45, 2.75) is 18.7 Å². The van der Waals surface area contributed by atoms with Crippen LogP contribution in [0.5, 0.6) is 0 Å². The van der Waals surface area contributed by atoms with E-state index in [0.717, 1.165) is 28.4 Å². The van der Waals surface area contributed by atoms with Gasteiger partial charge in [0.25, 0.3) is 11.1 Å². The summed E-state index contributed by atoms with van der Waals surface area (Å²) in [6.07, 6.45) is 0. The summed E-state index contributed by atoms with van der Waals surface area (Å²) >= 11 is 1.14. The highest BCUT2D eigenvalue weighted by atomic mass is 32.2. The van der Waals surface area contributed by atoms with Gasteiger partial charge in [-0.2, -0.15) is 0 Å². The molecule has 7 heteroatoms. The van der Waals surface area contributed by atoms with E-state index in [9.17, 15) is 9.59 Å². The third kappa shape index (κ3) is 5.34. The highest BCUT2D eigenvalue weighted by molar-refractivity contribution is 7.99. The van der Waals surface area contributed by atoms with E-state index in [1.165, 1.54) is 4.90 Å². The summed E-state index contributed by atoms with van der Waals surface area (Å²) in [4.78, 5) is 29.8. The predicted molar refractivity (Wildman–Crippen MR) is 103 cm³/mol. The van der Waals surface area contributed by atoms with Gasteiger partial charge >= 0.3 is 5.97 Å². The van der Waals surface area contributed by atoms with E-state index in [0.29, 0.717) is 17.4 Å². The molecule has 0 saturated carbocycles. The maximum atomic E-state index is 12.1. The molecule has 2 aromatic carbocycles. The van der Waals surface area contributed by atoms with Gasteiger partial charge in [0.15, 0.2) is 12.2 Å². The van der Waals surface area contributed by atoms with Gasteiger partial charge in [-0.15, -0.1) is 0 Å². The molecule has 1 aromatic heterocycles. The van der Waals surface area contributed by atoms with Crippen molar-refractivity contribution in [2.24, 2.45) is 0 Å². The highest BCUT2D eigenvalue weighted by Crippen LogP contribution is 2.23. The zero-order valence-electron chi connectivity index (χ0n) is 15.2. The molecule has 0 saturated heterocycles. The molecule has 0 aliphatic rings. The average molecular weight is 384 g/mol. The monoisotopic (exact) mass is 384 g/mol. The first-order valence-corrected chi connectivity index (χ1v) is 9.43. The summed E-state index contributed by atoms with van der Waals surface area (Å²) in [5.41, 5.74) is 3.59. The lowest BCUT2D eigenvalue weighted by Crippen LogP contribution is -2.31. The molecule has 0 bridgehead atoms. The Morgan fingerprint density at radius 2 is 1.89 bits per heavy atom. The number of ether oxygens (including phenoxy) is 1. The maximum Gasteiger partial charge on any atom is 0.316 e. The van der Waals surface area contributed by atoms with Crippen LogP contribution in [0, 0.1) is 6.92 Å². The van der Waals surface area contributed by atoms with Crippen LogP contribution in [0.4, 0.5) is 0 Å². The number of oxazole rings is 1. The molecule has 3 aromatic rings. The number of aromatic nitrogens is 1. The number of aryl methyl sites for hydroxylation is 1. The number of carbonyl (C=O) groups excluding carboxylic acids is 2. The molecule has 0 N–H and O–H groups in total. The number of para-hydroxylation sites is 2. The lowest BCUT2D eigenvalue weighted by molar-refractivity contribution is -0.149. The molecule has 3 rings (SSSR count). The van der Waals surface area contributed by atoms with Crippen molar-refractivity contribution in [1.82, 2.24) is 9.88 Å².